The van der Waals surface area contributed by atoms with E-state index in [0.29, 0.717) is 12.3 Å². The summed E-state index contributed by atoms with van der Waals surface area (Å²) in [6.07, 6.45) is 0.841. The fourth-order valence-electron chi connectivity index (χ4n) is 1.29. The van der Waals surface area contributed by atoms with E-state index in [1.807, 2.05) is 0 Å². The van der Waals surface area contributed by atoms with Gasteiger partial charge in [-0.15, -0.1) is 11.3 Å². The van der Waals surface area contributed by atoms with Crippen LogP contribution in [-0.4, -0.2) is 20.3 Å². The summed E-state index contributed by atoms with van der Waals surface area (Å²) in [5, 5.41) is 0.910. The lowest BCUT2D eigenvalue weighted by molar-refractivity contribution is 0.111. The lowest BCUT2D eigenvalue weighted by Crippen LogP contribution is -2.11. The molecule has 0 aliphatic carbocycles. The van der Waals surface area contributed by atoms with Crippen LogP contribution in [0.4, 0.5) is 0 Å². The van der Waals surface area contributed by atoms with E-state index in [4.69, 9.17) is 4.43 Å². The summed E-state index contributed by atoms with van der Waals surface area (Å²) in [5.41, 5.74) is 0.544. The van der Waals surface area contributed by atoms with Crippen molar-refractivity contribution >= 4 is 26.7 Å². The molecule has 0 N–H and O–H groups in total. The maximum absolute atomic E-state index is 10.9. The van der Waals surface area contributed by atoms with E-state index in [1.54, 1.807) is 11.3 Å². The highest BCUT2D eigenvalue weighted by molar-refractivity contribution is 7.12. The van der Waals surface area contributed by atoms with Crippen LogP contribution in [0.15, 0.2) is 0 Å². The second-order valence-electron chi connectivity index (χ2n) is 5.05. The van der Waals surface area contributed by atoms with Crippen molar-refractivity contribution < 1.29 is 9.22 Å². The van der Waals surface area contributed by atoms with Gasteiger partial charge >= 0.3 is 0 Å². The van der Waals surface area contributed by atoms with Crippen LogP contribution in [0.1, 0.15) is 41.1 Å². The van der Waals surface area contributed by atoms with Crippen molar-refractivity contribution in [2.24, 2.45) is 0 Å². The monoisotopic (exact) mass is 257 g/mol. The Morgan fingerprint density at radius 3 is 2.44 bits per heavy atom. The van der Waals surface area contributed by atoms with Crippen molar-refractivity contribution in [2.75, 3.05) is 0 Å². The molecule has 3 nitrogen and oxygen atoms in total. The molecule has 0 saturated heterocycles. The molecule has 16 heavy (non-hydrogen) atoms. The number of carbonyl (C=O) groups excluding carboxylic acids is 1. The summed E-state index contributed by atoms with van der Waals surface area (Å²) < 4.78 is 5.62. The molecule has 1 heterocycles. The fourth-order valence-corrected chi connectivity index (χ4v) is 2.92. The molecule has 1 aromatic heterocycles. The Hall–Kier alpha value is -0.523. The quantitative estimate of drug-likeness (QED) is 0.615. The molecule has 0 spiro atoms. The lowest BCUT2D eigenvalue weighted by Gasteiger charge is -2.15. The number of aromatic nitrogens is 1. The molecule has 0 aliphatic rings. The van der Waals surface area contributed by atoms with Gasteiger partial charge in [0.1, 0.15) is 10.7 Å². The van der Waals surface area contributed by atoms with Crippen LogP contribution in [-0.2, 0) is 16.4 Å². The number of carbonyl (C=O) groups is 1. The largest absolute Gasteiger partial charge is 0.414 e. The molecule has 0 aliphatic heterocycles. The van der Waals surface area contributed by atoms with E-state index in [9.17, 15) is 4.79 Å². The van der Waals surface area contributed by atoms with E-state index < -0.39 is 9.04 Å². The lowest BCUT2D eigenvalue weighted by atomic mass is 9.93. The van der Waals surface area contributed by atoms with Gasteiger partial charge in [0.25, 0.3) is 0 Å². The molecule has 90 valence electrons. The zero-order chi connectivity index (χ0) is 12.3. The van der Waals surface area contributed by atoms with Crippen LogP contribution in [0.5, 0.6) is 0 Å². The average molecular weight is 257 g/mol. The normalized spacial score (nSPS) is 12.1. The second-order valence-corrected chi connectivity index (χ2v) is 8.56. The minimum Gasteiger partial charge on any atom is -0.414 e. The molecular formula is C11H19NO2SSi. The van der Waals surface area contributed by atoms with Crippen molar-refractivity contribution in [1.82, 2.24) is 4.98 Å². The minimum atomic E-state index is -1.02. The molecule has 0 saturated carbocycles. The van der Waals surface area contributed by atoms with Crippen LogP contribution in [0.2, 0.25) is 13.1 Å². The summed E-state index contributed by atoms with van der Waals surface area (Å²) in [7, 11) is -1.02. The SMILES string of the molecule is C[SiH](C)OCc1nc(C=O)c(C(C)(C)C)s1. The van der Waals surface area contributed by atoms with Crippen molar-refractivity contribution in [1.29, 1.82) is 0 Å². The molecule has 0 unspecified atom stereocenters. The first-order valence-electron chi connectivity index (χ1n) is 5.41. The number of hydrogen-bond acceptors (Lipinski definition) is 4. The zero-order valence-corrected chi connectivity index (χ0v) is 12.5. The average Bonchev–Trinajstić information content (AvgIpc) is 2.57. The third-order valence-corrected chi connectivity index (χ3v) is 4.33. The van der Waals surface area contributed by atoms with E-state index >= 15 is 0 Å². The Morgan fingerprint density at radius 1 is 1.44 bits per heavy atom. The van der Waals surface area contributed by atoms with Gasteiger partial charge in [0.2, 0.25) is 0 Å². The first-order valence-corrected chi connectivity index (χ1v) is 9.01. The van der Waals surface area contributed by atoms with Crippen LogP contribution >= 0.6 is 11.3 Å². The van der Waals surface area contributed by atoms with Gasteiger partial charge in [-0.25, -0.2) is 4.98 Å². The summed E-state index contributed by atoms with van der Waals surface area (Å²) in [6, 6.07) is 0. The van der Waals surface area contributed by atoms with Crippen LogP contribution in [0.25, 0.3) is 0 Å². The van der Waals surface area contributed by atoms with E-state index in [1.165, 1.54) is 0 Å². The molecule has 0 amide bonds. The molecule has 0 bridgehead atoms. The number of aldehydes is 1. The predicted molar refractivity (Wildman–Crippen MR) is 69.9 cm³/mol. The van der Waals surface area contributed by atoms with Gasteiger partial charge in [-0.1, -0.05) is 20.8 Å². The molecule has 0 fully saturated rings. The standard InChI is InChI=1S/C11H19NO2SSi/c1-11(2,3)10-8(6-13)12-9(15-10)7-14-16(4)5/h6,16H,7H2,1-5H3. The predicted octanol–water partition coefficient (Wildman–Crippen LogP) is 2.75. The van der Waals surface area contributed by atoms with Gasteiger partial charge in [-0.05, 0) is 18.5 Å². The summed E-state index contributed by atoms with van der Waals surface area (Å²) in [4.78, 5) is 16.3. The molecule has 1 rings (SSSR count). The van der Waals surface area contributed by atoms with Gasteiger partial charge in [-0.2, -0.15) is 0 Å². The fraction of sp³-hybridized carbons (Fsp3) is 0.636. The van der Waals surface area contributed by atoms with Gasteiger partial charge < -0.3 is 4.43 Å². The molecule has 0 aromatic carbocycles. The maximum atomic E-state index is 10.9. The second kappa shape index (κ2) is 5.20. The van der Waals surface area contributed by atoms with E-state index in [-0.39, 0.29) is 5.41 Å². The summed E-state index contributed by atoms with van der Waals surface area (Å²) in [6.45, 7) is 11.1. The number of rotatable bonds is 4. The highest BCUT2D eigenvalue weighted by Gasteiger charge is 2.22. The number of hydrogen-bond donors (Lipinski definition) is 0. The zero-order valence-electron chi connectivity index (χ0n) is 10.5. The van der Waals surface area contributed by atoms with Gasteiger partial charge in [0.15, 0.2) is 15.3 Å². The molecule has 0 atom stereocenters. The molecular weight excluding hydrogens is 238 g/mol. The van der Waals surface area contributed by atoms with Gasteiger partial charge in [0.05, 0.1) is 6.61 Å². The summed E-state index contributed by atoms with van der Waals surface area (Å²) >= 11 is 1.59. The first-order chi connectivity index (χ1) is 7.34. The highest BCUT2D eigenvalue weighted by Crippen LogP contribution is 2.31. The Morgan fingerprint density at radius 2 is 2.06 bits per heavy atom. The molecule has 1 aromatic rings. The van der Waals surface area contributed by atoms with E-state index in [2.05, 4.69) is 38.8 Å². The van der Waals surface area contributed by atoms with Crippen LogP contribution < -0.4 is 0 Å². The smallest absolute Gasteiger partial charge is 0.171 e. The van der Waals surface area contributed by atoms with E-state index in [0.717, 1.165) is 16.2 Å². The molecule has 5 heteroatoms. The highest BCUT2D eigenvalue weighted by atomic mass is 32.1. The van der Waals surface area contributed by atoms with Crippen molar-refractivity contribution in [3.63, 3.8) is 0 Å². The van der Waals surface area contributed by atoms with Crippen LogP contribution in [0, 0.1) is 0 Å². The number of thiazole rings is 1. The maximum Gasteiger partial charge on any atom is 0.171 e. The third-order valence-electron chi connectivity index (χ3n) is 2.03. The van der Waals surface area contributed by atoms with Crippen molar-refractivity contribution in [3.05, 3.63) is 15.6 Å². The topological polar surface area (TPSA) is 39.2 Å². The Bertz CT molecular complexity index is 369. The Balaban J connectivity index is 2.90. The van der Waals surface area contributed by atoms with Gasteiger partial charge in [-0.3, -0.25) is 4.79 Å². The number of nitrogens with zero attached hydrogens (tertiary/aromatic N) is 1. The van der Waals surface area contributed by atoms with Crippen molar-refractivity contribution in [3.8, 4) is 0 Å². The first kappa shape index (κ1) is 13.5. The Labute approximate surface area is 103 Å². The summed E-state index contributed by atoms with van der Waals surface area (Å²) in [5.74, 6) is 0. The van der Waals surface area contributed by atoms with Crippen LogP contribution in [0.3, 0.4) is 0 Å². The van der Waals surface area contributed by atoms with Gasteiger partial charge in [0, 0.05) is 4.88 Å². The third kappa shape index (κ3) is 3.50. The van der Waals surface area contributed by atoms with Crippen molar-refractivity contribution in [2.45, 2.75) is 45.9 Å². The Kier molecular flexibility index (Phi) is 4.40. The molecule has 0 radical (unpaired) electrons. The minimum absolute atomic E-state index is 0.0264.